The van der Waals surface area contributed by atoms with Gasteiger partial charge in [-0.2, -0.15) is 5.10 Å². The third kappa shape index (κ3) is 3.95. The Kier molecular flexibility index (Phi) is 5.59. The molecule has 1 atom stereocenters. The topological polar surface area (TPSA) is 29.9 Å². The molecule has 1 heterocycles. The van der Waals surface area contributed by atoms with Gasteiger partial charge in [0.15, 0.2) is 0 Å². The lowest BCUT2D eigenvalue weighted by Crippen LogP contribution is -2.24. The highest BCUT2D eigenvalue weighted by Gasteiger charge is 2.15. The van der Waals surface area contributed by atoms with E-state index in [0.29, 0.717) is 6.04 Å². The summed E-state index contributed by atoms with van der Waals surface area (Å²) in [7, 11) is 2.03. The summed E-state index contributed by atoms with van der Waals surface area (Å²) < 4.78 is 3.17. The number of aromatic nitrogens is 2. The van der Waals surface area contributed by atoms with Gasteiger partial charge in [-0.1, -0.05) is 41.9 Å². The zero-order chi connectivity index (χ0) is 15.4. The fourth-order valence-electron chi connectivity index (χ4n) is 2.58. The van der Waals surface area contributed by atoms with Crippen molar-refractivity contribution in [3.05, 3.63) is 51.3 Å². The summed E-state index contributed by atoms with van der Waals surface area (Å²) in [5, 5.41) is 8.14. The molecule has 0 aliphatic carbocycles. The van der Waals surface area contributed by atoms with E-state index in [0.717, 1.165) is 29.6 Å². The first kappa shape index (κ1) is 16.2. The highest BCUT2D eigenvalue weighted by molar-refractivity contribution is 9.10. The molecule has 1 aromatic heterocycles. The minimum absolute atomic E-state index is 0.321. The molecule has 0 radical (unpaired) electrons. The van der Waals surface area contributed by atoms with Crippen molar-refractivity contribution in [2.45, 2.75) is 39.7 Å². The molecule has 1 aromatic carbocycles. The van der Waals surface area contributed by atoms with Crippen molar-refractivity contribution in [3.8, 4) is 0 Å². The average Bonchev–Trinajstić information content (AvgIpc) is 2.82. The highest BCUT2D eigenvalue weighted by atomic mass is 79.9. The molecule has 0 saturated heterocycles. The molecule has 0 fully saturated rings. The standard InChI is InChI=1S/C17H24BrN3/c1-5-14-10-15(21(4)20-14)11-17(19-6-2)13-7-8-16(18)12(3)9-13/h7-10,17,19H,5-6,11H2,1-4H3. The average molecular weight is 350 g/mol. The van der Waals surface area contributed by atoms with Gasteiger partial charge in [0.2, 0.25) is 0 Å². The summed E-state index contributed by atoms with van der Waals surface area (Å²) >= 11 is 3.57. The van der Waals surface area contributed by atoms with Crippen molar-refractivity contribution in [2.24, 2.45) is 7.05 Å². The monoisotopic (exact) mass is 349 g/mol. The molecule has 1 N–H and O–H groups in total. The van der Waals surface area contributed by atoms with E-state index in [9.17, 15) is 0 Å². The van der Waals surface area contributed by atoms with Crippen LogP contribution < -0.4 is 5.32 Å². The molecular formula is C17H24BrN3. The largest absolute Gasteiger partial charge is 0.310 e. The Balaban J connectivity index is 2.25. The van der Waals surface area contributed by atoms with Crippen LogP contribution in [0.1, 0.15) is 42.4 Å². The summed E-state index contributed by atoms with van der Waals surface area (Å²) in [6.45, 7) is 7.39. The van der Waals surface area contributed by atoms with E-state index >= 15 is 0 Å². The van der Waals surface area contributed by atoms with Gasteiger partial charge in [0.1, 0.15) is 0 Å². The van der Waals surface area contributed by atoms with Crippen molar-refractivity contribution in [1.29, 1.82) is 0 Å². The Bertz CT molecular complexity index is 604. The number of hydrogen-bond acceptors (Lipinski definition) is 2. The van der Waals surface area contributed by atoms with Crippen LogP contribution in [0.2, 0.25) is 0 Å². The number of aryl methyl sites for hydroxylation is 3. The molecule has 2 rings (SSSR count). The summed E-state index contributed by atoms with van der Waals surface area (Å²) in [5.41, 5.74) is 5.04. The maximum atomic E-state index is 4.55. The molecule has 1 unspecified atom stereocenters. The van der Waals surface area contributed by atoms with E-state index < -0.39 is 0 Å². The quantitative estimate of drug-likeness (QED) is 0.855. The second-order valence-electron chi connectivity index (χ2n) is 5.43. The van der Waals surface area contributed by atoms with Crippen LogP contribution >= 0.6 is 15.9 Å². The van der Waals surface area contributed by atoms with E-state index in [4.69, 9.17) is 0 Å². The first-order chi connectivity index (χ1) is 10.0. The van der Waals surface area contributed by atoms with Gasteiger partial charge in [0.25, 0.3) is 0 Å². The molecule has 2 aromatic rings. The number of nitrogens with zero attached hydrogens (tertiary/aromatic N) is 2. The maximum absolute atomic E-state index is 4.55. The van der Waals surface area contributed by atoms with Crippen LogP contribution in [0.3, 0.4) is 0 Å². The lowest BCUT2D eigenvalue weighted by molar-refractivity contribution is 0.528. The van der Waals surface area contributed by atoms with Crippen LogP contribution in [0.4, 0.5) is 0 Å². The zero-order valence-electron chi connectivity index (χ0n) is 13.3. The Morgan fingerprint density at radius 3 is 2.62 bits per heavy atom. The molecule has 0 saturated carbocycles. The van der Waals surface area contributed by atoms with E-state index in [-0.39, 0.29) is 0 Å². The Labute approximate surface area is 135 Å². The molecule has 0 spiro atoms. The van der Waals surface area contributed by atoms with Crippen molar-refractivity contribution in [3.63, 3.8) is 0 Å². The van der Waals surface area contributed by atoms with E-state index in [2.05, 4.69) is 71.4 Å². The summed E-state index contributed by atoms with van der Waals surface area (Å²) in [6, 6.07) is 9.13. The van der Waals surface area contributed by atoms with Crippen LogP contribution in [0.15, 0.2) is 28.7 Å². The minimum Gasteiger partial charge on any atom is -0.310 e. The fraction of sp³-hybridized carbons (Fsp3) is 0.471. The second kappa shape index (κ2) is 7.23. The summed E-state index contributed by atoms with van der Waals surface area (Å²) in [6.07, 6.45) is 1.94. The van der Waals surface area contributed by atoms with Gasteiger partial charge in [-0.25, -0.2) is 0 Å². The predicted octanol–water partition coefficient (Wildman–Crippen LogP) is 3.95. The zero-order valence-corrected chi connectivity index (χ0v) is 14.9. The Hall–Kier alpha value is -1.13. The van der Waals surface area contributed by atoms with Gasteiger partial charge in [0, 0.05) is 29.7 Å². The van der Waals surface area contributed by atoms with Crippen molar-refractivity contribution >= 4 is 15.9 Å². The molecule has 114 valence electrons. The third-order valence-electron chi connectivity index (χ3n) is 3.84. The lowest BCUT2D eigenvalue weighted by atomic mass is 10.00. The molecular weight excluding hydrogens is 326 g/mol. The number of rotatable bonds is 6. The number of nitrogens with one attached hydrogen (secondary N) is 1. The summed E-state index contributed by atoms with van der Waals surface area (Å²) in [4.78, 5) is 0. The van der Waals surface area contributed by atoms with Crippen LogP contribution in [0, 0.1) is 6.92 Å². The fourth-order valence-corrected chi connectivity index (χ4v) is 2.83. The number of benzene rings is 1. The molecule has 0 amide bonds. The number of halogens is 1. The smallest absolute Gasteiger partial charge is 0.0624 e. The van der Waals surface area contributed by atoms with Crippen molar-refractivity contribution in [2.75, 3.05) is 6.54 Å². The van der Waals surface area contributed by atoms with Gasteiger partial charge < -0.3 is 5.32 Å². The number of hydrogen-bond donors (Lipinski definition) is 1. The second-order valence-corrected chi connectivity index (χ2v) is 6.28. The molecule has 21 heavy (non-hydrogen) atoms. The van der Waals surface area contributed by atoms with Gasteiger partial charge in [-0.15, -0.1) is 0 Å². The van der Waals surface area contributed by atoms with Crippen molar-refractivity contribution in [1.82, 2.24) is 15.1 Å². The first-order valence-corrected chi connectivity index (χ1v) is 8.35. The number of likely N-dealkylation sites (N-methyl/N-ethyl adjacent to an activating group) is 1. The lowest BCUT2D eigenvalue weighted by Gasteiger charge is -2.19. The van der Waals surface area contributed by atoms with E-state index in [1.807, 2.05) is 11.7 Å². The van der Waals surface area contributed by atoms with Gasteiger partial charge in [-0.3, -0.25) is 4.68 Å². The minimum atomic E-state index is 0.321. The van der Waals surface area contributed by atoms with Gasteiger partial charge >= 0.3 is 0 Å². The van der Waals surface area contributed by atoms with Gasteiger partial charge in [-0.05, 0) is 43.1 Å². The highest BCUT2D eigenvalue weighted by Crippen LogP contribution is 2.24. The van der Waals surface area contributed by atoms with Crippen molar-refractivity contribution < 1.29 is 0 Å². The third-order valence-corrected chi connectivity index (χ3v) is 4.73. The Morgan fingerprint density at radius 2 is 2.05 bits per heavy atom. The van der Waals surface area contributed by atoms with E-state index in [1.54, 1.807) is 0 Å². The SMILES string of the molecule is CCNC(Cc1cc(CC)nn1C)c1ccc(Br)c(C)c1. The Morgan fingerprint density at radius 1 is 1.29 bits per heavy atom. The predicted molar refractivity (Wildman–Crippen MR) is 91.6 cm³/mol. The molecule has 0 aliphatic heterocycles. The first-order valence-electron chi connectivity index (χ1n) is 7.56. The molecule has 4 heteroatoms. The normalized spacial score (nSPS) is 12.6. The maximum Gasteiger partial charge on any atom is 0.0624 e. The van der Waals surface area contributed by atoms with Crippen LogP contribution in [-0.2, 0) is 19.9 Å². The van der Waals surface area contributed by atoms with E-state index in [1.165, 1.54) is 16.8 Å². The molecule has 0 aliphatic rings. The molecule has 0 bridgehead atoms. The van der Waals surface area contributed by atoms with Gasteiger partial charge in [0.05, 0.1) is 5.69 Å². The van der Waals surface area contributed by atoms with Crippen LogP contribution in [0.5, 0.6) is 0 Å². The van der Waals surface area contributed by atoms with Crippen LogP contribution in [-0.4, -0.2) is 16.3 Å². The summed E-state index contributed by atoms with van der Waals surface area (Å²) in [5.74, 6) is 0. The molecule has 3 nitrogen and oxygen atoms in total. The van der Waals surface area contributed by atoms with Crippen LogP contribution in [0.25, 0.3) is 0 Å².